The molecule has 0 atom stereocenters. The van der Waals surface area contributed by atoms with Gasteiger partial charge in [-0.2, -0.15) is 0 Å². The van der Waals surface area contributed by atoms with Crippen LogP contribution in [0.4, 0.5) is 0 Å². The lowest BCUT2D eigenvalue weighted by molar-refractivity contribution is 0.960. The zero-order chi connectivity index (χ0) is 11.1. The normalized spacial score (nSPS) is 14.4. The number of hydrogen-bond acceptors (Lipinski definition) is 3. The number of halogens is 2. The average molecular weight is 379 g/mol. The number of benzene rings is 1. The molecule has 1 aromatic carbocycles. The average Bonchev–Trinajstić information content (AvgIpc) is 2.86. The van der Waals surface area contributed by atoms with Crippen LogP contribution in [0.1, 0.15) is 10.4 Å². The predicted octanol–water partition coefficient (Wildman–Crippen LogP) is 3.83. The molecular weight excluding hydrogens is 367 g/mol. The zero-order valence-electron chi connectivity index (χ0n) is 9.29. The minimum absolute atomic E-state index is 0. The predicted molar refractivity (Wildman–Crippen MR) is 86.4 cm³/mol. The molecule has 2 aromatic rings. The minimum atomic E-state index is 0. The van der Waals surface area contributed by atoms with Gasteiger partial charge in [0, 0.05) is 16.6 Å². The lowest BCUT2D eigenvalue weighted by Gasteiger charge is -1.97. The van der Waals surface area contributed by atoms with Crippen LogP contribution in [0.15, 0.2) is 23.2 Å². The third-order valence-electron chi connectivity index (χ3n) is 2.67. The standard InChI is InChI=1S/C12H11ClN2S.HI/c1-7-2-3-8-9(6-7)16-11(10(8)13)12-14-4-5-15-12;/h2-3,6H,4-5H2,1H3,(H,14,15);1H. The number of aryl methyl sites for hydroxylation is 1. The molecule has 0 saturated heterocycles. The Balaban J connectivity index is 0.00000108. The number of hydrogen-bond donors (Lipinski definition) is 1. The van der Waals surface area contributed by atoms with Crippen molar-refractivity contribution in [3.63, 3.8) is 0 Å². The van der Waals surface area contributed by atoms with Gasteiger partial charge in [0.25, 0.3) is 0 Å². The summed E-state index contributed by atoms with van der Waals surface area (Å²) in [7, 11) is 0. The Labute approximate surface area is 126 Å². The maximum absolute atomic E-state index is 6.38. The smallest absolute Gasteiger partial charge is 0.140 e. The largest absolute Gasteiger partial charge is 0.367 e. The molecule has 0 radical (unpaired) electrons. The summed E-state index contributed by atoms with van der Waals surface area (Å²) in [5.41, 5.74) is 1.26. The molecule has 2 nitrogen and oxygen atoms in total. The Morgan fingerprint density at radius 2 is 2.24 bits per heavy atom. The van der Waals surface area contributed by atoms with E-state index in [1.807, 2.05) is 0 Å². The quantitative estimate of drug-likeness (QED) is 0.749. The molecule has 5 heteroatoms. The topological polar surface area (TPSA) is 24.4 Å². The molecule has 1 aliphatic heterocycles. The van der Waals surface area contributed by atoms with Gasteiger partial charge in [-0.05, 0) is 18.6 Å². The van der Waals surface area contributed by atoms with Gasteiger partial charge < -0.3 is 5.32 Å². The second-order valence-electron chi connectivity index (χ2n) is 3.90. The van der Waals surface area contributed by atoms with Crippen molar-refractivity contribution >= 4 is 62.8 Å². The van der Waals surface area contributed by atoms with Crippen LogP contribution < -0.4 is 5.32 Å². The summed E-state index contributed by atoms with van der Waals surface area (Å²) in [6.07, 6.45) is 0. The third-order valence-corrected chi connectivity index (χ3v) is 4.34. The molecule has 0 saturated carbocycles. The molecule has 0 amide bonds. The molecule has 0 fully saturated rings. The van der Waals surface area contributed by atoms with Gasteiger partial charge in [-0.1, -0.05) is 23.7 Å². The van der Waals surface area contributed by atoms with E-state index in [0.29, 0.717) is 0 Å². The van der Waals surface area contributed by atoms with Crippen molar-refractivity contribution < 1.29 is 0 Å². The maximum Gasteiger partial charge on any atom is 0.140 e. The first kappa shape index (κ1) is 13.1. The molecular formula is C12H12ClIN2S. The number of fused-ring (bicyclic) bond motifs is 1. The summed E-state index contributed by atoms with van der Waals surface area (Å²) in [5, 5.41) is 5.22. The molecule has 1 N–H and O–H groups in total. The summed E-state index contributed by atoms with van der Waals surface area (Å²) < 4.78 is 1.23. The molecule has 2 heterocycles. The van der Waals surface area contributed by atoms with Crippen LogP contribution in [0.2, 0.25) is 5.02 Å². The van der Waals surface area contributed by atoms with E-state index in [2.05, 4.69) is 35.4 Å². The second kappa shape index (κ2) is 5.12. The number of nitrogens with one attached hydrogen (secondary N) is 1. The van der Waals surface area contributed by atoms with E-state index < -0.39 is 0 Å². The molecule has 90 valence electrons. The Morgan fingerprint density at radius 1 is 1.41 bits per heavy atom. The van der Waals surface area contributed by atoms with Gasteiger partial charge in [0.2, 0.25) is 0 Å². The Bertz CT molecular complexity index is 591. The van der Waals surface area contributed by atoms with Crippen LogP contribution in [-0.4, -0.2) is 18.9 Å². The van der Waals surface area contributed by atoms with Crippen LogP contribution >= 0.6 is 46.9 Å². The van der Waals surface area contributed by atoms with Gasteiger partial charge in [-0.15, -0.1) is 35.3 Å². The monoisotopic (exact) mass is 378 g/mol. The number of rotatable bonds is 1. The fourth-order valence-corrected chi connectivity index (χ4v) is 3.48. The number of aliphatic imine (C=N–C) groups is 1. The highest BCUT2D eigenvalue weighted by Crippen LogP contribution is 2.36. The molecule has 17 heavy (non-hydrogen) atoms. The highest BCUT2D eigenvalue weighted by Gasteiger charge is 2.17. The van der Waals surface area contributed by atoms with Gasteiger partial charge >= 0.3 is 0 Å². The van der Waals surface area contributed by atoms with E-state index in [9.17, 15) is 0 Å². The van der Waals surface area contributed by atoms with Gasteiger partial charge in [-0.3, -0.25) is 4.99 Å². The van der Waals surface area contributed by atoms with Gasteiger partial charge in [0.15, 0.2) is 0 Å². The zero-order valence-corrected chi connectivity index (χ0v) is 13.2. The molecule has 1 aromatic heterocycles. The molecule has 0 unspecified atom stereocenters. The highest BCUT2D eigenvalue weighted by atomic mass is 127. The van der Waals surface area contributed by atoms with E-state index in [1.54, 1.807) is 11.3 Å². The molecule has 3 rings (SSSR count). The Kier molecular flexibility index (Phi) is 3.95. The van der Waals surface area contributed by atoms with Crippen LogP contribution in [0.3, 0.4) is 0 Å². The van der Waals surface area contributed by atoms with Crippen LogP contribution in [0, 0.1) is 6.92 Å². The van der Waals surface area contributed by atoms with Gasteiger partial charge in [-0.25, -0.2) is 0 Å². The van der Waals surface area contributed by atoms with Crippen molar-refractivity contribution in [3.8, 4) is 0 Å². The minimum Gasteiger partial charge on any atom is -0.367 e. The van der Waals surface area contributed by atoms with Gasteiger partial charge in [0.05, 0.1) is 16.4 Å². The molecule has 0 spiro atoms. The summed E-state index contributed by atoms with van der Waals surface area (Å²) in [4.78, 5) is 5.49. The Hall–Kier alpha value is -0.330. The maximum atomic E-state index is 6.38. The van der Waals surface area contributed by atoms with Gasteiger partial charge in [0.1, 0.15) is 5.84 Å². The number of amidine groups is 1. The van der Waals surface area contributed by atoms with Crippen LogP contribution in [0.5, 0.6) is 0 Å². The lowest BCUT2D eigenvalue weighted by atomic mass is 10.2. The highest BCUT2D eigenvalue weighted by molar-refractivity contribution is 14.0. The first-order chi connectivity index (χ1) is 7.75. The van der Waals surface area contributed by atoms with E-state index >= 15 is 0 Å². The fourth-order valence-electron chi connectivity index (χ4n) is 1.87. The molecule has 0 bridgehead atoms. The van der Waals surface area contributed by atoms with Crippen molar-refractivity contribution in [2.45, 2.75) is 6.92 Å². The summed E-state index contributed by atoms with van der Waals surface area (Å²) in [6.45, 7) is 3.86. The molecule has 0 aliphatic carbocycles. The SMILES string of the molecule is Cc1ccc2c(Cl)c(C3=NCCN3)sc2c1.I. The van der Waals surface area contributed by atoms with Crippen molar-refractivity contribution in [3.05, 3.63) is 33.7 Å². The third kappa shape index (κ3) is 2.30. The van der Waals surface area contributed by atoms with Crippen LogP contribution in [-0.2, 0) is 0 Å². The van der Waals surface area contributed by atoms with Crippen molar-refractivity contribution in [1.82, 2.24) is 5.32 Å². The van der Waals surface area contributed by atoms with E-state index in [1.165, 1.54) is 10.3 Å². The van der Waals surface area contributed by atoms with E-state index in [4.69, 9.17) is 11.6 Å². The Morgan fingerprint density at radius 3 is 2.94 bits per heavy atom. The fraction of sp³-hybridized carbons (Fsp3) is 0.250. The second-order valence-corrected chi connectivity index (χ2v) is 5.33. The first-order valence-corrected chi connectivity index (χ1v) is 6.42. The summed E-state index contributed by atoms with van der Waals surface area (Å²) >= 11 is 8.09. The van der Waals surface area contributed by atoms with Crippen molar-refractivity contribution in [2.24, 2.45) is 4.99 Å². The number of thiophene rings is 1. The summed E-state index contributed by atoms with van der Waals surface area (Å²) in [6, 6.07) is 6.35. The van der Waals surface area contributed by atoms with E-state index in [-0.39, 0.29) is 24.0 Å². The van der Waals surface area contributed by atoms with Crippen LogP contribution in [0.25, 0.3) is 10.1 Å². The van der Waals surface area contributed by atoms with E-state index in [0.717, 1.165) is 34.2 Å². The first-order valence-electron chi connectivity index (χ1n) is 5.23. The summed E-state index contributed by atoms with van der Waals surface area (Å²) in [5.74, 6) is 0.948. The van der Waals surface area contributed by atoms with Crippen molar-refractivity contribution in [1.29, 1.82) is 0 Å². The lowest BCUT2D eigenvalue weighted by Crippen LogP contribution is -2.18. The van der Waals surface area contributed by atoms with Crippen molar-refractivity contribution in [2.75, 3.05) is 13.1 Å². The molecule has 1 aliphatic rings. The number of nitrogens with zero attached hydrogens (tertiary/aromatic N) is 1.